The standard InChI is InChI=1S/C26H28O5/c27-23-19-31-26(30-18-22-14-8-3-9-15-22)25(29-17-21-12-6-2-7-13-21)24(23)28-16-20-10-4-1-5-11-20/h1-15,23-27H,16-19H2/t23-,24-,25+,26-/m1/s1. The Morgan fingerprint density at radius 2 is 1.03 bits per heavy atom. The third kappa shape index (κ3) is 6.23. The van der Waals surface area contributed by atoms with Gasteiger partial charge in [0.1, 0.15) is 18.3 Å². The lowest BCUT2D eigenvalue weighted by molar-refractivity contribution is -0.295. The fourth-order valence-electron chi connectivity index (χ4n) is 3.57. The third-order valence-electron chi connectivity index (χ3n) is 5.23. The van der Waals surface area contributed by atoms with Crippen molar-refractivity contribution < 1.29 is 24.1 Å². The Kier molecular flexibility index (Phi) is 7.82. The molecule has 1 N–H and O–H groups in total. The van der Waals surface area contributed by atoms with Gasteiger partial charge < -0.3 is 24.1 Å². The van der Waals surface area contributed by atoms with Crippen molar-refractivity contribution in [3.05, 3.63) is 108 Å². The first-order valence-electron chi connectivity index (χ1n) is 10.6. The van der Waals surface area contributed by atoms with E-state index < -0.39 is 24.6 Å². The van der Waals surface area contributed by atoms with Crippen LogP contribution in [0.4, 0.5) is 0 Å². The Hall–Kier alpha value is -2.54. The van der Waals surface area contributed by atoms with Gasteiger partial charge in [-0.2, -0.15) is 0 Å². The van der Waals surface area contributed by atoms with Crippen LogP contribution in [0.5, 0.6) is 0 Å². The van der Waals surface area contributed by atoms with Crippen LogP contribution in [0.3, 0.4) is 0 Å². The van der Waals surface area contributed by atoms with E-state index in [2.05, 4.69) is 0 Å². The zero-order valence-corrected chi connectivity index (χ0v) is 17.4. The SMILES string of the molecule is O[C@@H]1CO[C@@H](OCc2ccccc2)[C@@H](OCc2ccccc2)[C@@H]1OCc1ccccc1. The zero-order chi connectivity index (χ0) is 21.3. The molecule has 5 heteroatoms. The number of aliphatic hydroxyl groups is 1. The van der Waals surface area contributed by atoms with Gasteiger partial charge in [-0.25, -0.2) is 0 Å². The lowest BCUT2D eigenvalue weighted by atomic mass is 10.0. The first-order chi connectivity index (χ1) is 15.3. The minimum absolute atomic E-state index is 0.129. The van der Waals surface area contributed by atoms with Gasteiger partial charge in [-0.05, 0) is 16.7 Å². The van der Waals surface area contributed by atoms with Crippen LogP contribution in [-0.4, -0.2) is 36.3 Å². The van der Waals surface area contributed by atoms with Crippen LogP contribution < -0.4 is 0 Å². The molecule has 0 aliphatic carbocycles. The molecule has 0 bridgehead atoms. The van der Waals surface area contributed by atoms with Gasteiger partial charge >= 0.3 is 0 Å². The highest BCUT2D eigenvalue weighted by molar-refractivity contribution is 5.15. The largest absolute Gasteiger partial charge is 0.388 e. The molecule has 0 amide bonds. The Bertz CT molecular complexity index is 887. The van der Waals surface area contributed by atoms with Crippen LogP contribution in [0.2, 0.25) is 0 Å². The molecule has 4 rings (SSSR count). The van der Waals surface area contributed by atoms with Crippen LogP contribution >= 0.6 is 0 Å². The number of hydrogen-bond donors (Lipinski definition) is 1. The Morgan fingerprint density at radius 1 is 0.613 bits per heavy atom. The summed E-state index contributed by atoms with van der Waals surface area (Å²) in [6.07, 6.45) is -2.59. The Labute approximate surface area is 183 Å². The number of ether oxygens (including phenoxy) is 4. The van der Waals surface area contributed by atoms with Crippen LogP contribution in [0, 0.1) is 0 Å². The Balaban J connectivity index is 1.46. The summed E-state index contributed by atoms with van der Waals surface area (Å²) < 4.78 is 24.2. The molecule has 0 saturated carbocycles. The highest BCUT2D eigenvalue weighted by Gasteiger charge is 2.42. The molecule has 0 aromatic heterocycles. The second kappa shape index (κ2) is 11.2. The van der Waals surface area contributed by atoms with Crippen molar-refractivity contribution in [3.8, 4) is 0 Å². The van der Waals surface area contributed by atoms with E-state index in [1.165, 1.54) is 0 Å². The highest BCUT2D eigenvalue weighted by atomic mass is 16.7. The minimum atomic E-state index is -0.805. The maximum absolute atomic E-state index is 10.6. The minimum Gasteiger partial charge on any atom is -0.388 e. The maximum Gasteiger partial charge on any atom is 0.186 e. The van der Waals surface area contributed by atoms with Gasteiger partial charge in [0.2, 0.25) is 0 Å². The van der Waals surface area contributed by atoms with E-state index in [4.69, 9.17) is 18.9 Å². The van der Waals surface area contributed by atoms with Crippen LogP contribution in [0.15, 0.2) is 91.0 Å². The molecule has 31 heavy (non-hydrogen) atoms. The van der Waals surface area contributed by atoms with Gasteiger partial charge in [0.25, 0.3) is 0 Å². The van der Waals surface area contributed by atoms with Gasteiger partial charge in [-0.1, -0.05) is 91.0 Å². The smallest absolute Gasteiger partial charge is 0.186 e. The summed E-state index contributed by atoms with van der Waals surface area (Å²) in [4.78, 5) is 0. The van der Waals surface area contributed by atoms with Crippen molar-refractivity contribution in [1.82, 2.24) is 0 Å². The van der Waals surface area contributed by atoms with Crippen molar-refractivity contribution in [1.29, 1.82) is 0 Å². The van der Waals surface area contributed by atoms with E-state index in [0.29, 0.717) is 19.8 Å². The van der Waals surface area contributed by atoms with Crippen molar-refractivity contribution in [2.24, 2.45) is 0 Å². The maximum atomic E-state index is 10.6. The van der Waals surface area contributed by atoms with Gasteiger partial charge in [-0.3, -0.25) is 0 Å². The summed E-state index contributed by atoms with van der Waals surface area (Å²) in [6.45, 7) is 1.26. The molecule has 0 unspecified atom stereocenters. The summed E-state index contributed by atoms with van der Waals surface area (Å²) in [5.41, 5.74) is 3.11. The molecular formula is C26H28O5. The quantitative estimate of drug-likeness (QED) is 0.565. The fraction of sp³-hybridized carbons (Fsp3) is 0.308. The molecule has 3 aromatic rings. The molecule has 1 aliphatic heterocycles. The van der Waals surface area contributed by atoms with Gasteiger partial charge in [-0.15, -0.1) is 0 Å². The zero-order valence-electron chi connectivity index (χ0n) is 17.4. The molecule has 1 fully saturated rings. The predicted molar refractivity (Wildman–Crippen MR) is 117 cm³/mol. The highest BCUT2D eigenvalue weighted by Crippen LogP contribution is 2.25. The van der Waals surface area contributed by atoms with Crippen LogP contribution in [0.1, 0.15) is 16.7 Å². The molecule has 4 atom stereocenters. The molecule has 1 saturated heterocycles. The van der Waals surface area contributed by atoms with Crippen molar-refractivity contribution >= 4 is 0 Å². The molecule has 1 aliphatic rings. The number of aliphatic hydroxyl groups excluding tert-OH is 1. The number of benzene rings is 3. The molecule has 0 radical (unpaired) electrons. The third-order valence-corrected chi connectivity index (χ3v) is 5.23. The van der Waals surface area contributed by atoms with Gasteiger partial charge in [0.05, 0.1) is 26.4 Å². The van der Waals surface area contributed by atoms with Crippen LogP contribution in [-0.2, 0) is 38.8 Å². The van der Waals surface area contributed by atoms with Crippen molar-refractivity contribution in [2.75, 3.05) is 6.61 Å². The molecule has 1 heterocycles. The lowest BCUT2D eigenvalue weighted by Gasteiger charge is -2.40. The van der Waals surface area contributed by atoms with E-state index in [0.717, 1.165) is 16.7 Å². The monoisotopic (exact) mass is 420 g/mol. The van der Waals surface area contributed by atoms with E-state index in [-0.39, 0.29) is 6.61 Å². The summed E-state index contributed by atoms with van der Waals surface area (Å²) in [7, 11) is 0. The van der Waals surface area contributed by atoms with Crippen LogP contribution in [0.25, 0.3) is 0 Å². The second-order valence-corrected chi connectivity index (χ2v) is 7.59. The van der Waals surface area contributed by atoms with E-state index >= 15 is 0 Å². The predicted octanol–water partition coefficient (Wildman–Crippen LogP) is 4.09. The summed E-state index contributed by atoms with van der Waals surface area (Å²) >= 11 is 0. The molecule has 0 spiro atoms. The average Bonchev–Trinajstić information content (AvgIpc) is 2.83. The first-order valence-corrected chi connectivity index (χ1v) is 10.6. The number of hydrogen-bond acceptors (Lipinski definition) is 5. The number of rotatable bonds is 9. The molecule has 5 nitrogen and oxygen atoms in total. The summed E-state index contributed by atoms with van der Waals surface area (Å²) in [6, 6.07) is 29.7. The summed E-state index contributed by atoms with van der Waals surface area (Å²) in [5.74, 6) is 0. The van der Waals surface area contributed by atoms with E-state index in [1.54, 1.807) is 0 Å². The first kappa shape index (κ1) is 21.7. The normalized spacial score (nSPS) is 23.5. The van der Waals surface area contributed by atoms with Gasteiger partial charge in [0, 0.05) is 0 Å². The second-order valence-electron chi connectivity index (χ2n) is 7.59. The van der Waals surface area contributed by atoms with E-state index in [9.17, 15) is 5.11 Å². The molecular weight excluding hydrogens is 392 g/mol. The average molecular weight is 421 g/mol. The Morgan fingerprint density at radius 3 is 1.52 bits per heavy atom. The van der Waals surface area contributed by atoms with Crippen molar-refractivity contribution in [2.45, 2.75) is 44.4 Å². The molecule has 3 aromatic carbocycles. The lowest BCUT2D eigenvalue weighted by Crippen LogP contribution is -2.56. The van der Waals surface area contributed by atoms with Crippen molar-refractivity contribution in [3.63, 3.8) is 0 Å². The topological polar surface area (TPSA) is 57.2 Å². The van der Waals surface area contributed by atoms with Gasteiger partial charge in [0.15, 0.2) is 6.29 Å². The molecule has 162 valence electrons. The summed E-state index contributed by atoms with van der Waals surface area (Å²) in [5, 5.41) is 10.6. The fourth-order valence-corrected chi connectivity index (χ4v) is 3.57. The van der Waals surface area contributed by atoms with E-state index in [1.807, 2.05) is 91.0 Å².